The van der Waals surface area contributed by atoms with Crippen molar-refractivity contribution >= 4 is 23.4 Å². The lowest BCUT2D eigenvalue weighted by molar-refractivity contribution is -0.123. The highest BCUT2D eigenvalue weighted by Crippen LogP contribution is 2.15. The van der Waals surface area contributed by atoms with E-state index in [0.717, 1.165) is 6.42 Å². The van der Waals surface area contributed by atoms with Crippen LogP contribution in [0.2, 0.25) is 5.02 Å². The largest absolute Gasteiger partial charge is 0.484 e. The maximum absolute atomic E-state index is 11.5. The first-order valence-electron chi connectivity index (χ1n) is 6.53. The molecule has 0 fully saturated rings. The van der Waals surface area contributed by atoms with Gasteiger partial charge in [0.05, 0.1) is 0 Å². The van der Waals surface area contributed by atoms with Gasteiger partial charge >= 0.3 is 0 Å². The molecule has 0 unspecified atom stereocenters. The van der Waals surface area contributed by atoms with Crippen LogP contribution in [-0.2, 0) is 9.59 Å². The van der Waals surface area contributed by atoms with E-state index in [2.05, 4.69) is 10.6 Å². The molecule has 1 aromatic rings. The molecule has 0 radical (unpaired) electrons. The summed E-state index contributed by atoms with van der Waals surface area (Å²) < 4.78 is 5.27. The summed E-state index contributed by atoms with van der Waals surface area (Å²) in [5.41, 5.74) is 0. The number of amides is 2. The van der Waals surface area contributed by atoms with Crippen LogP contribution in [0.5, 0.6) is 5.75 Å². The van der Waals surface area contributed by atoms with Crippen LogP contribution in [0.25, 0.3) is 0 Å². The van der Waals surface area contributed by atoms with E-state index >= 15 is 0 Å². The smallest absolute Gasteiger partial charge is 0.257 e. The molecular weight excluding hydrogens is 280 g/mol. The third-order valence-corrected chi connectivity index (χ3v) is 2.68. The molecule has 0 saturated heterocycles. The van der Waals surface area contributed by atoms with E-state index in [1.165, 1.54) is 0 Å². The van der Waals surface area contributed by atoms with Gasteiger partial charge in [-0.25, -0.2) is 0 Å². The Hall–Kier alpha value is -1.75. The summed E-state index contributed by atoms with van der Waals surface area (Å²) in [5.74, 6) is 0.249. The minimum absolute atomic E-state index is 0.0641. The molecule has 110 valence electrons. The number of nitrogens with one attached hydrogen (secondary N) is 2. The molecule has 0 bridgehead atoms. The highest BCUT2D eigenvalue weighted by molar-refractivity contribution is 6.30. The molecule has 0 atom stereocenters. The van der Waals surface area contributed by atoms with Gasteiger partial charge in [0.2, 0.25) is 5.91 Å². The Labute approximate surface area is 123 Å². The second-order valence-corrected chi connectivity index (χ2v) is 4.63. The summed E-state index contributed by atoms with van der Waals surface area (Å²) in [6.45, 7) is 2.86. The Bertz CT molecular complexity index is 435. The van der Waals surface area contributed by atoms with E-state index in [1.54, 1.807) is 24.3 Å². The van der Waals surface area contributed by atoms with Crippen LogP contribution < -0.4 is 15.4 Å². The molecular formula is C14H19ClN2O3. The van der Waals surface area contributed by atoms with Crippen molar-refractivity contribution in [2.75, 3.05) is 19.7 Å². The van der Waals surface area contributed by atoms with E-state index in [4.69, 9.17) is 16.3 Å². The first-order chi connectivity index (χ1) is 9.61. The molecule has 0 heterocycles. The molecule has 0 aromatic heterocycles. The number of hydrogen-bond acceptors (Lipinski definition) is 3. The van der Waals surface area contributed by atoms with Gasteiger partial charge in [0.15, 0.2) is 6.61 Å². The second-order valence-electron chi connectivity index (χ2n) is 4.19. The summed E-state index contributed by atoms with van der Waals surface area (Å²) in [4.78, 5) is 22.8. The van der Waals surface area contributed by atoms with E-state index in [9.17, 15) is 9.59 Å². The summed E-state index contributed by atoms with van der Waals surface area (Å²) in [5, 5.41) is 5.97. The monoisotopic (exact) mass is 298 g/mol. The molecule has 2 amide bonds. The lowest BCUT2D eigenvalue weighted by atomic mass is 10.3. The third kappa shape index (κ3) is 6.99. The molecule has 2 N–H and O–H groups in total. The Kier molecular flexibility index (Phi) is 7.50. The van der Waals surface area contributed by atoms with Crippen LogP contribution in [-0.4, -0.2) is 31.5 Å². The van der Waals surface area contributed by atoms with Crippen molar-refractivity contribution in [3.63, 3.8) is 0 Å². The van der Waals surface area contributed by atoms with E-state index in [-0.39, 0.29) is 24.8 Å². The Morgan fingerprint density at radius 3 is 2.40 bits per heavy atom. The van der Waals surface area contributed by atoms with Gasteiger partial charge in [0.1, 0.15) is 5.75 Å². The molecule has 0 saturated carbocycles. The zero-order chi connectivity index (χ0) is 14.8. The number of benzene rings is 1. The number of halogens is 1. The zero-order valence-electron chi connectivity index (χ0n) is 11.4. The first kappa shape index (κ1) is 16.3. The van der Waals surface area contributed by atoms with Gasteiger partial charge in [-0.1, -0.05) is 18.5 Å². The fourth-order valence-corrected chi connectivity index (χ4v) is 1.52. The van der Waals surface area contributed by atoms with Gasteiger partial charge in [-0.3, -0.25) is 9.59 Å². The molecule has 0 aliphatic heterocycles. The van der Waals surface area contributed by atoms with Crippen LogP contribution in [0, 0.1) is 0 Å². The van der Waals surface area contributed by atoms with Crippen LogP contribution in [0.15, 0.2) is 24.3 Å². The van der Waals surface area contributed by atoms with Crippen molar-refractivity contribution in [2.45, 2.75) is 19.8 Å². The zero-order valence-corrected chi connectivity index (χ0v) is 12.2. The predicted molar refractivity (Wildman–Crippen MR) is 77.9 cm³/mol. The van der Waals surface area contributed by atoms with Crippen molar-refractivity contribution in [1.29, 1.82) is 0 Å². The number of carbonyl (C=O) groups is 2. The van der Waals surface area contributed by atoms with Crippen LogP contribution >= 0.6 is 11.6 Å². The van der Waals surface area contributed by atoms with Crippen LogP contribution in [0.4, 0.5) is 0 Å². The van der Waals surface area contributed by atoms with E-state index in [0.29, 0.717) is 23.9 Å². The van der Waals surface area contributed by atoms with Gasteiger partial charge in [-0.15, -0.1) is 0 Å². The topological polar surface area (TPSA) is 67.4 Å². The number of ether oxygens (including phenoxy) is 1. The van der Waals surface area contributed by atoms with Crippen molar-refractivity contribution in [3.8, 4) is 5.75 Å². The number of rotatable bonds is 8. The normalized spacial score (nSPS) is 9.90. The minimum atomic E-state index is -0.261. The minimum Gasteiger partial charge on any atom is -0.484 e. The highest BCUT2D eigenvalue weighted by atomic mass is 35.5. The maximum Gasteiger partial charge on any atom is 0.257 e. The van der Waals surface area contributed by atoms with Gasteiger partial charge in [0, 0.05) is 24.5 Å². The second kappa shape index (κ2) is 9.20. The average molecular weight is 299 g/mol. The fourth-order valence-electron chi connectivity index (χ4n) is 1.40. The number of carbonyl (C=O) groups excluding carboxylic acids is 2. The van der Waals surface area contributed by atoms with Crippen molar-refractivity contribution in [2.24, 2.45) is 0 Å². The Morgan fingerprint density at radius 1 is 1.10 bits per heavy atom. The molecule has 6 heteroatoms. The molecule has 0 spiro atoms. The van der Waals surface area contributed by atoms with Gasteiger partial charge in [-0.05, 0) is 30.7 Å². The molecule has 0 aliphatic carbocycles. The third-order valence-electron chi connectivity index (χ3n) is 2.43. The summed E-state index contributed by atoms with van der Waals surface area (Å²) in [6.07, 6.45) is 1.17. The van der Waals surface area contributed by atoms with Crippen molar-refractivity contribution < 1.29 is 14.3 Å². The highest BCUT2D eigenvalue weighted by Gasteiger charge is 2.04. The maximum atomic E-state index is 11.5. The van der Waals surface area contributed by atoms with Crippen LogP contribution in [0.1, 0.15) is 19.8 Å². The molecule has 0 aliphatic rings. The van der Waals surface area contributed by atoms with Crippen LogP contribution in [0.3, 0.4) is 0 Å². The van der Waals surface area contributed by atoms with Gasteiger partial charge < -0.3 is 15.4 Å². The van der Waals surface area contributed by atoms with Gasteiger partial charge in [0.25, 0.3) is 5.91 Å². The molecule has 1 aromatic carbocycles. The first-order valence-corrected chi connectivity index (χ1v) is 6.91. The molecule has 1 rings (SSSR count). The standard InChI is InChI=1S/C14H19ClN2O3/c1-2-8-16-13(18)7-9-17-14(19)10-20-12-5-3-11(15)4-6-12/h3-6H,2,7-10H2,1H3,(H,16,18)(H,17,19). The summed E-state index contributed by atoms with van der Waals surface area (Å²) in [6, 6.07) is 6.75. The lowest BCUT2D eigenvalue weighted by Crippen LogP contribution is -2.33. The summed E-state index contributed by atoms with van der Waals surface area (Å²) in [7, 11) is 0. The fraction of sp³-hybridized carbons (Fsp3) is 0.429. The van der Waals surface area contributed by atoms with Gasteiger partial charge in [-0.2, -0.15) is 0 Å². The predicted octanol–water partition coefficient (Wildman–Crippen LogP) is 1.75. The Balaban J connectivity index is 2.14. The lowest BCUT2D eigenvalue weighted by Gasteiger charge is -2.07. The van der Waals surface area contributed by atoms with E-state index < -0.39 is 0 Å². The average Bonchev–Trinajstić information content (AvgIpc) is 2.44. The quantitative estimate of drug-likeness (QED) is 0.768. The molecule has 5 nitrogen and oxygen atoms in total. The summed E-state index contributed by atoms with van der Waals surface area (Å²) >= 11 is 5.74. The van der Waals surface area contributed by atoms with E-state index in [1.807, 2.05) is 6.92 Å². The number of hydrogen-bond donors (Lipinski definition) is 2. The van der Waals surface area contributed by atoms with Crippen molar-refractivity contribution in [1.82, 2.24) is 10.6 Å². The molecule has 20 heavy (non-hydrogen) atoms. The Morgan fingerprint density at radius 2 is 1.75 bits per heavy atom. The van der Waals surface area contributed by atoms with Crippen molar-refractivity contribution in [3.05, 3.63) is 29.3 Å². The SMILES string of the molecule is CCCNC(=O)CCNC(=O)COc1ccc(Cl)cc1.